The molecule has 1 amide bonds. The maximum atomic E-state index is 10.4. The summed E-state index contributed by atoms with van der Waals surface area (Å²) in [6.45, 7) is 0. The molecule has 11 heavy (non-hydrogen) atoms. The Morgan fingerprint density at radius 3 is 2.55 bits per heavy atom. The summed E-state index contributed by atoms with van der Waals surface area (Å²) in [6, 6.07) is 0. The van der Waals surface area contributed by atoms with Crippen LogP contribution in [0.3, 0.4) is 0 Å². The summed E-state index contributed by atoms with van der Waals surface area (Å²) in [6.07, 6.45) is 2.79. The molecule has 1 atom stereocenters. The minimum absolute atomic E-state index is 0.325. The van der Waals surface area contributed by atoms with Crippen molar-refractivity contribution in [1.29, 1.82) is 0 Å². The SMILES string of the molecule is O=C1NOC=CC1Cl.OBO. The Bertz CT molecular complexity index is 153. The standard InChI is InChI=1S/C4H4ClNO2.BH3O2/c5-3-1-2-8-6-4(3)7;2-1-3/h1-3H,(H,6,7);1-3H. The van der Waals surface area contributed by atoms with Crippen molar-refractivity contribution < 1.29 is 19.7 Å². The Kier molecular flexibility index (Phi) is 5.63. The highest BCUT2D eigenvalue weighted by Gasteiger charge is 2.14. The number of carbonyl (C=O) groups excluding carboxylic acids is 1. The molecule has 0 radical (unpaired) electrons. The molecule has 3 N–H and O–H groups in total. The summed E-state index contributed by atoms with van der Waals surface area (Å²) >= 11 is 5.39. The molecule has 1 rings (SSSR count). The smallest absolute Gasteiger partial charge is 0.430 e. The first-order valence-electron chi connectivity index (χ1n) is 2.70. The Morgan fingerprint density at radius 2 is 2.27 bits per heavy atom. The summed E-state index contributed by atoms with van der Waals surface area (Å²) in [4.78, 5) is 14.8. The lowest BCUT2D eigenvalue weighted by Crippen LogP contribution is -2.32. The number of hydroxylamine groups is 1. The molecule has 0 aromatic heterocycles. The average Bonchev–Trinajstić information content (AvgIpc) is 1.97. The van der Waals surface area contributed by atoms with E-state index in [2.05, 4.69) is 10.3 Å². The van der Waals surface area contributed by atoms with Crippen molar-refractivity contribution in [3.63, 3.8) is 0 Å². The normalized spacial score (nSPS) is 20.6. The quantitative estimate of drug-likeness (QED) is 0.309. The highest BCUT2D eigenvalue weighted by atomic mass is 35.5. The number of alkyl halides is 1. The van der Waals surface area contributed by atoms with Crippen LogP contribution < -0.4 is 5.48 Å². The van der Waals surface area contributed by atoms with Gasteiger partial charge in [0.15, 0.2) is 0 Å². The van der Waals surface area contributed by atoms with Crippen LogP contribution in [0.1, 0.15) is 0 Å². The van der Waals surface area contributed by atoms with Gasteiger partial charge in [0.05, 0.1) is 0 Å². The fourth-order valence-electron chi connectivity index (χ4n) is 0.344. The molecule has 0 aliphatic carbocycles. The van der Waals surface area contributed by atoms with E-state index in [1.807, 2.05) is 0 Å². The molecule has 0 fully saturated rings. The van der Waals surface area contributed by atoms with Gasteiger partial charge in [-0.25, -0.2) is 0 Å². The Labute approximate surface area is 68.9 Å². The summed E-state index contributed by atoms with van der Waals surface area (Å²) in [5.41, 5.74) is 2.07. The van der Waals surface area contributed by atoms with Gasteiger partial charge in [-0.3, -0.25) is 4.79 Å². The van der Waals surface area contributed by atoms with E-state index in [1.54, 1.807) is 0 Å². The van der Waals surface area contributed by atoms with Crippen LogP contribution >= 0.6 is 11.6 Å². The van der Waals surface area contributed by atoms with Gasteiger partial charge < -0.3 is 14.9 Å². The summed E-state index contributed by atoms with van der Waals surface area (Å²) < 4.78 is 0. The van der Waals surface area contributed by atoms with E-state index < -0.39 is 13.1 Å². The number of amides is 1. The molecule has 0 aromatic carbocycles. The van der Waals surface area contributed by atoms with Gasteiger partial charge in [0.2, 0.25) is 0 Å². The maximum absolute atomic E-state index is 10.4. The second-order valence-electron chi connectivity index (χ2n) is 1.46. The zero-order valence-electron chi connectivity index (χ0n) is 5.53. The van der Waals surface area contributed by atoms with Crippen LogP contribution in [-0.2, 0) is 9.63 Å². The minimum Gasteiger partial charge on any atom is -0.430 e. The molecule has 0 saturated carbocycles. The van der Waals surface area contributed by atoms with E-state index in [4.69, 9.17) is 21.6 Å². The molecule has 7 heteroatoms. The van der Waals surface area contributed by atoms with Crippen LogP contribution in [0.4, 0.5) is 0 Å². The third kappa shape index (κ3) is 4.66. The third-order valence-electron chi connectivity index (χ3n) is 0.726. The van der Waals surface area contributed by atoms with Crippen LogP contribution in [0.25, 0.3) is 0 Å². The van der Waals surface area contributed by atoms with E-state index in [9.17, 15) is 4.79 Å². The average molecular weight is 179 g/mol. The molecule has 1 aliphatic heterocycles. The van der Waals surface area contributed by atoms with Crippen molar-refractivity contribution in [2.75, 3.05) is 0 Å². The number of nitrogens with one attached hydrogen (secondary N) is 1. The van der Waals surface area contributed by atoms with E-state index in [0.717, 1.165) is 0 Å². The Hall–Kier alpha value is -0.715. The van der Waals surface area contributed by atoms with Gasteiger partial charge in [0.1, 0.15) is 11.6 Å². The minimum atomic E-state index is -0.750. The molecule has 1 unspecified atom stereocenters. The molecular weight excluding hydrogens is 172 g/mol. The van der Waals surface area contributed by atoms with Gasteiger partial charge in [0, 0.05) is 0 Å². The van der Waals surface area contributed by atoms with E-state index in [0.29, 0.717) is 0 Å². The molecule has 62 valence electrons. The monoisotopic (exact) mass is 179 g/mol. The maximum Gasteiger partial charge on any atom is 0.432 e. The van der Waals surface area contributed by atoms with Crippen molar-refractivity contribution in [3.05, 3.63) is 12.3 Å². The van der Waals surface area contributed by atoms with Crippen LogP contribution in [0.2, 0.25) is 0 Å². The fourth-order valence-corrected chi connectivity index (χ4v) is 0.448. The zero-order chi connectivity index (χ0) is 8.69. The number of hydrogen-bond donors (Lipinski definition) is 3. The van der Waals surface area contributed by atoms with Crippen molar-refractivity contribution in [2.45, 2.75) is 5.38 Å². The second-order valence-corrected chi connectivity index (χ2v) is 1.93. The number of halogens is 1. The van der Waals surface area contributed by atoms with Gasteiger partial charge in [0.25, 0.3) is 5.91 Å². The summed E-state index contributed by atoms with van der Waals surface area (Å²) in [7, 11) is -0.750. The molecular formula is C4H7BClNO4. The molecule has 0 spiro atoms. The van der Waals surface area contributed by atoms with Crippen LogP contribution in [0, 0.1) is 0 Å². The van der Waals surface area contributed by atoms with E-state index in [-0.39, 0.29) is 5.91 Å². The van der Waals surface area contributed by atoms with Crippen molar-refractivity contribution in [3.8, 4) is 0 Å². The lowest BCUT2D eigenvalue weighted by Gasteiger charge is -2.09. The second kappa shape index (κ2) is 6.02. The predicted molar refractivity (Wildman–Crippen MR) is 39.6 cm³/mol. The molecule has 5 nitrogen and oxygen atoms in total. The van der Waals surface area contributed by atoms with Crippen LogP contribution in [-0.4, -0.2) is 29.0 Å². The third-order valence-corrected chi connectivity index (χ3v) is 1.07. The Morgan fingerprint density at radius 1 is 1.73 bits per heavy atom. The van der Waals surface area contributed by atoms with Crippen LogP contribution in [0.15, 0.2) is 12.3 Å². The summed E-state index contributed by atoms with van der Waals surface area (Å²) in [5, 5.41) is 13.7. The Balaban J connectivity index is 0.000000292. The zero-order valence-corrected chi connectivity index (χ0v) is 6.28. The highest BCUT2D eigenvalue weighted by molar-refractivity contribution is 6.32. The molecule has 0 saturated heterocycles. The first-order valence-corrected chi connectivity index (χ1v) is 3.14. The molecule has 0 bridgehead atoms. The lowest BCUT2D eigenvalue weighted by molar-refractivity contribution is -0.129. The van der Waals surface area contributed by atoms with Crippen molar-refractivity contribution in [2.24, 2.45) is 0 Å². The van der Waals surface area contributed by atoms with E-state index >= 15 is 0 Å². The number of hydrogen-bond acceptors (Lipinski definition) is 4. The largest absolute Gasteiger partial charge is 0.432 e. The fraction of sp³-hybridized carbons (Fsp3) is 0.250. The van der Waals surface area contributed by atoms with Gasteiger partial charge in [-0.15, -0.1) is 11.6 Å². The van der Waals surface area contributed by atoms with Gasteiger partial charge in [-0.1, -0.05) is 0 Å². The molecule has 1 heterocycles. The molecule has 0 aromatic rings. The van der Waals surface area contributed by atoms with Gasteiger partial charge >= 0.3 is 7.69 Å². The topological polar surface area (TPSA) is 78.8 Å². The lowest BCUT2D eigenvalue weighted by atomic mass is 10.4. The number of carbonyl (C=O) groups is 1. The first kappa shape index (κ1) is 10.3. The highest BCUT2D eigenvalue weighted by Crippen LogP contribution is 2.01. The van der Waals surface area contributed by atoms with Crippen molar-refractivity contribution in [1.82, 2.24) is 5.48 Å². The van der Waals surface area contributed by atoms with E-state index in [1.165, 1.54) is 12.3 Å². The predicted octanol–water partition coefficient (Wildman–Crippen LogP) is -1.59. The first-order chi connectivity index (χ1) is 5.22. The van der Waals surface area contributed by atoms with Gasteiger partial charge in [-0.2, -0.15) is 5.48 Å². The van der Waals surface area contributed by atoms with Crippen molar-refractivity contribution >= 4 is 25.2 Å². The van der Waals surface area contributed by atoms with Gasteiger partial charge in [-0.05, 0) is 6.08 Å². The number of rotatable bonds is 0. The molecule has 1 aliphatic rings. The van der Waals surface area contributed by atoms with Crippen LogP contribution in [0.5, 0.6) is 0 Å². The summed E-state index contributed by atoms with van der Waals surface area (Å²) in [5.74, 6) is -0.325.